The molecular formula is C18H13ClN4O2S. The molecule has 0 aliphatic heterocycles. The fourth-order valence-electron chi connectivity index (χ4n) is 2.31. The number of carbonyl (C=O) groups is 1. The number of hydrogen-bond donors (Lipinski definition) is 1. The van der Waals surface area contributed by atoms with Gasteiger partial charge in [-0.3, -0.25) is 10.1 Å². The standard InChI is InChI=1S/C18H13ClN4O2S/c19-12-5-7-13(8-6-12)25-11-23-10-9-15(22-23)17(24)21-18-20-14-3-1-2-4-16(14)26-18/h1-10H,11H2,(H,20,21,24). The van der Waals surface area contributed by atoms with E-state index in [1.807, 2.05) is 24.3 Å². The number of rotatable bonds is 5. The van der Waals surface area contributed by atoms with Gasteiger partial charge in [-0.2, -0.15) is 5.10 Å². The lowest BCUT2D eigenvalue weighted by molar-refractivity contribution is 0.102. The third-order valence-corrected chi connectivity index (χ3v) is 4.77. The van der Waals surface area contributed by atoms with Gasteiger partial charge in [-0.25, -0.2) is 9.67 Å². The lowest BCUT2D eigenvalue weighted by Crippen LogP contribution is -2.14. The summed E-state index contributed by atoms with van der Waals surface area (Å²) in [6.45, 7) is 0.191. The zero-order valence-corrected chi connectivity index (χ0v) is 15.0. The van der Waals surface area contributed by atoms with Crippen LogP contribution in [0.25, 0.3) is 10.2 Å². The van der Waals surface area contributed by atoms with Crippen LogP contribution in [0.15, 0.2) is 60.8 Å². The van der Waals surface area contributed by atoms with Gasteiger partial charge in [-0.05, 0) is 42.5 Å². The number of nitrogens with zero attached hydrogens (tertiary/aromatic N) is 3. The Morgan fingerprint density at radius 3 is 2.77 bits per heavy atom. The van der Waals surface area contributed by atoms with Gasteiger partial charge in [-0.15, -0.1) is 0 Å². The van der Waals surface area contributed by atoms with Gasteiger partial charge < -0.3 is 4.74 Å². The normalized spacial score (nSPS) is 10.8. The minimum absolute atomic E-state index is 0.191. The Balaban J connectivity index is 1.40. The van der Waals surface area contributed by atoms with Gasteiger partial charge in [0.1, 0.15) is 5.75 Å². The zero-order chi connectivity index (χ0) is 17.9. The van der Waals surface area contributed by atoms with Gasteiger partial charge in [0.25, 0.3) is 5.91 Å². The molecule has 8 heteroatoms. The van der Waals surface area contributed by atoms with E-state index in [1.165, 1.54) is 11.3 Å². The van der Waals surface area contributed by atoms with Gasteiger partial charge >= 0.3 is 0 Å². The fraction of sp³-hybridized carbons (Fsp3) is 0.0556. The van der Waals surface area contributed by atoms with Crippen molar-refractivity contribution < 1.29 is 9.53 Å². The molecule has 2 heterocycles. The number of halogens is 1. The first-order valence-corrected chi connectivity index (χ1v) is 8.95. The Bertz CT molecular complexity index is 1030. The van der Waals surface area contributed by atoms with Crippen LogP contribution >= 0.6 is 22.9 Å². The van der Waals surface area contributed by atoms with E-state index < -0.39 is 0 Å². The van der Waals surface area contributed by atoms with Crippen LogP contribution in [-0.4, -0.2) is 20.7 Å². The molecule has 6 nitrogen and oxygen atoms in total. The molecule has 26 heavy (non-hydrogen) atoms. The molecule has 4 aromatic rings. The number of amides is 1. The van der Waals surface area contributed by atoms with E-state index in [9.17, 15) is 4.79 Å². The molecule has 0 fully saturated rings. The summed E-state index contributed by atoms with van der Waals surface area (Å²) >= 11 is 7.26. The van der Waals surface area contributed by atoms with Gasteiger partial charge in [0, 0.05) is 11.2 Å². The Hall–Kier alpha value is -2.90. The molecule has 0 spiro atoms. The minimum Gasteiger partial charge on any atom is -0.471 e. The predicted octanol–water partition coefficient (Wildman–Crippen LogP) is 4.44. The number of fused-ring (bicyclic) bond motifs is 1. The molecular weight excluding hydrogens is 372 g/mol. The number of ether oxygens (including phenoxy) is 1. The third kappa shape index (κ3) is 3.68. The van der Waals surface area contributed by atoms with E-state index in [4.69, 9.17) is 16.3 Å². The number of carbonyl (C=O) groups excluding carboxylic acids is 1. The monoisotopic (exact) mass is 384 g/mol. The molecule has 1 amide bonds. The zero-order valence-electron chi connectivity index (χ0n) is 13.4. The second-order valence-corrected chi connectivity index (χ2v) is 6.88. The average molecular weight is 385 g/mol. The Morgan fingerprint density at radius 1 is 1.15 bits per heavy atom. The summed E-state index contributed by atoms with van der Waals surface area (Å²) in [5.74, 6) is 0.361. The van der Waals surface area contributed by atoms with Gasteiger partial charge in [0.05, 0.1) is 10.2 Å². The highest BCUT2D eigenvalue weighted by Crippen LogP contribution is 2.25. The van der Waals surface area contributed by atoms with Crippen LogP contribution in [0.5, 0.6) is 5.75 Å². The summed E-state index contributed by atoms with van der Waals surface area (Å²) in [6, 6.07) is 16.4. The molecule has 2 aromatic heterocycles. The van der Waals surface area contributed by atoms with Crippen molar-refractivity contribution in [1.82, 2.24) is 14.8 Å². The molecule has 2 aromatic carbocycles. The van der Waals surface area contributed by atoms with Crippen molar-refractivity contribution >= 4 is 44.2 Å². The van der Waals surface area contributed by atoms with Crippen LogP contribution < -0.4 is 10.1 Å². The van der Waals surface area contributed by atoms with Crippen LogP contribution in [0.4, 0.5) is 5.13 Å². The summed E-state index contributed by atoms with van der Waals surface area (Å²) in [6.07, 6.45) is 1.68. The molecule has 4 rings (SSSR count). The molecule has 0 saturated heterocycles. The highest BCUT2D eigenvalue weighted by Gasteiger charge is 2.12. The SMILES string of the molecule is O=C(Nc1nc2ccccc2s1)c1ccn(COc2ccc(Cl)cc2)n1. The van der Waals surface area contributed by atoms with Crippen LogP contribution in [0.2, 0.25) is 5.02 Å². The van der Waals surface area contributed by atoms with Crippen molar-refractivity contribution in [2.45, 2.75) is 6.73 Å². The minimum atomic E-state index is -0.311. The second kappa shape index (κ2) is 7.15. The fourth-order valence-corrected chi connectivity index (χ4v) is 3.30. The molecule has 130 valence electrons. The third-order valence-electron chi connectivity index (χ3n) is 3.56. The van der Waals surface area contributed by atoms with Crippen molar-refractivity contribution in [3.8, 4) is 5.75 Å². The topological polar surface area (TPSA) is 69.0 Å². The molecule has 0 radical (unpaired) electrons. The number of para-hydroxylation sites is 1. The van der Waals surface area contributed by atoms with Gasteiger partial charge in [0.2, 0.25) is 0 Å². The number of anilines is 1. The van der Waals surface area contributed by atoms with E-state index in [0.717, 1.165) is 10.2 Å². The molecule has 0 saturated carbocycles. The molecule has 0 atom stereocenters. The van der Waals surface area contributed by atoms with Crippen molar-refractivity contribution in [3.63, 3.8) is 0 Å². The number of hydrogen-bond acceptors (Lipinski definition) is 5. The van der Waals surface area contributed by atoms with Gasteiger partial charge in [-0.1, -0.05) is 35.1 Å². The number of benzene rings is 2. The molecule has 0 aliphatic rings. The smallest absolute Gasteiger partial charge is 0.277 e. The lowest BCUT2D eigenvalue weighted by atomic mass is 10.3. The van der Waals surface area contributed by atoms with Crippen LogP contribution in [0, 0.1) is 0 Å². The second-order valence-electron chi connectivity index (χ2n) is 5.41. The number of thiazole rings is 1. The Morgan fingerprint density at radius 2 is 1.96 bits per heavy atom. The summed E-state index contributed by atoms with van der Waals surface area (Å²) in [5.41, 5.74) is 1.15. The van der Waals surface area contributed by atoms with E-state index >= 15 is 0 Å². The highest BCUT2D eigenvalue weighted by atomic mass is 35.5. The largest absolute Gasteiger partial charge is 0.471 e. The van der Waals surface area contributed by atoms with Gasteiger partial charge in [0.15, 0.2) is 17.6 Å². The van der Waals surface area contributed by atoms with Crippen molar-refractivity contribution in [1.29, 1.82) is 0 Å². The molecule has 1 N–H and O–H groups in total. The van der Waals surface area contributed by atoms with E-state index in [2.05, 4.69) is 15.4 Å². The van der Waals surface area contributed by atoms with Crippen molar-refractivity contribution in [2.24, 2.45) is 0 Å². The maximum absolute atomic E-state index is 12.3. The van der Waals surface area contributed by atoms with Crippen molar-refractivity contribution in [2.75, 3.05) is 5.32 Å². The van der Waals surface area contributed by atoms with Crippen molar-refractivity contribution in [3.05, 3.63) is 71.5 Å². The number of aromatic nitrogens is 3. The summed E-state index contributed by atoms with van der Waals surface area (Å²) in [4.78, 5) is 16.7. The first kappa shape index (κ1) is 16.6. The Labute approximate surface area is 158 Å². The summed E-state index contributed by atoms with van der Waals surface area (Å²) in [7, 11) is 0. The molecule has 0 bridgehead atoms. The van der Waals surface area contributed by atoms with Crippen LogP contribution in [0.1, 0.15) is 10.5 Å². The maximum atomic E-state index is 12.3. The summed E-state index contributed by atoms with van der Waals surface area (Å²) < 4.78 is 8.16. The van der Waals surface area contributed by atoms with E-state index in [0.29, 0.717) is 21.6 Å². The first-order valence-electron chi connectivity index (χ1n) is 7.76. The van der Waals surface area contributed by atoms with Crippen LogP contribution in [0.3, 0.4) is 0 Å². The highest BCUT2D eigenvalue weighted by molar-refractivity contribution is 7.22. The average Bonchev–Trinajstić information content (AvgIpc) is 3.27. The number of nitrogens with one attached hydrogen (secondary N) is 1. The predicted molar refractivity (Wildman–Crippen MR) is 102 cm³/mol. The maximum Gasteiger partial charge on any atom is 0.277 e. The molecule has 0 unspecified atom stereocenters. The van der Waals surface area contributed by atoms with Crippen LogP contribution in [-0.2, 0) is 6.73 Å². The Kier molecular flexibility index (Phi) is 4.55. The quantitative estimate of drug-likeness (QED) is 0.552. The lowest BCUT2D eigenvalue weighted by Gasteiger charge is -2.05. The summed E-state index contributed by atoms with van der Waals surface area (Å²) in [5, 5.41) is 8.19. The first-order chi connectivity index (χ1) is 12.7. The molecule has 0 aliphatic carbocycles. The van der Waals surface area contributed by atoms with E-state index in [-0.39, 0.29) is 12.6 Å². The van der Waals surface area contributed by atoms with E-state index in [1.54, 1.807) is 41.2 Å².